The average molecular weight is 286 g/mol. The van der Waals surface area contributed by atoms with Gasteiger partial charge in [0.2, 0.25) is 11.1 Å². The summed E-state index contributed by atoms with van der Waals surface area (Å²) in [6.45, 7) is 4.73. The van der Waals surface area contributed by atoms with Gasteiger partial charge in [-0.25, -0.2) is 4.68 Å². The van der Waals surface area contributed by atoms with Crippen LogP contribution in [0.5, 0.6) is 0 Å². The number of thioether (sulfide) groups is 1. The van der Waals surface area contributed by atoms with Crippen LogP contribution in [0.4, 0.5) is 0 Å². The number of hydrogen-bond donors (Lipinski definition) is 1. The summed E-state index contributed by atoms with van der Waals surface area (Å²) in [7, 11) is 3.52. The zero-order chi connectivity index (χ0) is 14.1. The molecule has 7 nitrogen and oxygen atoms in total. The van der Waals surface area contributed by atoms with Gasteiger partial charge >= 0.3 is 0 Å². The van der Waals surface area contributed by atoms with Crippen molar-refractivity contribution >= 4 is 17.7 Å². The summed E-state index contributed by atoms with van der Waals surface area (Å²) in [5.41, 5.74) is 0. The number of tetrazole rings is 1. The highest BCUT2D eigenvalue weighted by Gasteiger charge is 2.09. The van der Waals surface area contributed by atoms with Crippen molar-refractivity contribution in [3.63, 3.8) is 0 Å². The van der Waals surface area contributed by atoms with Crippen LogP contribution in [0.1, 0.15) is 19.8 Å². The Balaban J connectivity index is 2.30. The smallest absolute Gasteiger partial charge is 0.222 e. The predicted molar refractivity (Wildman–Crippen MR) is 75.0 cm³/mol. The molecule has 1 aromatic rings. The Morgan fingerprint density at radius 1 is 1.42 bits per heavy atom. The molecule has 0 aliphatic carbocycles. The predicted octanol–water partition coefficient (Wildman–Crippen LogP) is 0.243. The molecule has 8 heteroatoms. The summed E-state index contributed by atoms with van der Waals surface area (Å²) < 4.78 is 1.77. The van der Waals surface area contributed by atoms with Crippen LogP contribution in [0.15, 0.2) is 5.16 Å². The van der Waals surface area contributed by atoms with E-state index in [4.69, 9.17) is 0 Å². The molecule has 1 N–H and O–H groups in total. The summed E-state index contributed by atoms with van der Waals surface area (Å²) in [6.07, 6.45) is 1.61. The van der Waals surface area contributed by atoms with E-state index in [-0.39, 0.29) is 5.91 Å². The lowest BCUT2D eigenvalue weighted by Crippen LogP contribution is -2.22. The Hall–Kier alpha value is -1.15. The summed E-state index contributed by atoms with van der Waals surface area (Å²) >= 11 is 1.51. The summed E-state index contributed by atoms with van der Waals surface area (Å²) in [5, 5.41) is 15.7. The molecule has 0 fully saturated rings. The number of carbonyl (C=O) groups excluding carboxylic acids is 1. The fourth-order valence-electron chi connectivity index (χ4n) is 1.38. The number of carbonyl (C=O) groups is 1. The SMILES string of the molecule is CCCNCCn1nnnc1SCCC(=O)N(C)C. The van der Waals surface area contributed by atoms with Crippen molar-refractivity contribution in [1.82, 2.24) is 30.4 Å². The Morgan fingerprint density at radius 3 is 2.89 bits per heavy atom. The fourth-order valence-corrected chi connectivity index (χ4v) is 2.21. The Bertz CT molecular complexity index is 381. The van der Waals surface area contributed by atoms with Crippen molar-refractivity contribution in [3.05, 3.63) is 0 Å². The molecule has 1 heterocycles. The van der Waals surface area contributed by atoms with Crippen molar-refractivity contribution in [2.24, 2.45) is 0 Å². The third kappa shape index (κ3) is 6.02. The molecule has 0 radical (unpaired) electrons. The highest BCUT2D eigenvalue weighted by molar-refractivity contribution is 7.99. The van der Waals surface area contributed by atoms with E-state index in [0.29, 0.717) is 12.2 Å². The molecule has 1 rings (SSSR count). The minimum atomic E-state index is 0.121. The number of amides is 1. The maximum atomic E-state index is 11.4. The normalized spacial score (nSPS) is 10.7. The number of hydrogen-bond acceptors (Lipinski definition) is 6. The third-order valence-corrected chi connectivity index (χ3v) is 3.43. The third-order valence-electron chi connectivity index (χ3n) is 2.47. The van der Waals surface area contributed by atoms with Crippen LogP contribution in [0, 0.1) is 0 Å². The summed E-state index contributed by atoms with van der Waals surface area (Å²) in [6, 6.07) is 0. The van der Waals surface area contributed by atoms with Crippen molar-refractivity contribution in [1.29, 1.82) is 0 Å². The largest absolute Gasteiger partial charge is 0.349 e. The van der Waals surface area contributed by atoms with Gasteiger partial charge in [-0.3, -0.25) is 4.79 Å². The highest BCUT2D eigenvalue weighted by Crippen LogP contribution is 2.14. The first-order valence-corrected chi connectivity index (χ1v) is 7.43. The van der Waals surface area contributed by atoms with Gasteiger partial charge in [0, 0.05) is 32.8 Å². The molecular weight excluding hydrogens is 264 g/mol. The molecule has 0 saturated heterocycles. The summed E-state index contributed by atoms with van der Waals surface area (Å²) in [5.74, 6) is 0.816. The molecule has 0 spiro atoms. The van der Waals surface area contributed by atoms with Gasteiger partial charge in [-0.2, -0.15) is 0 Å². The minimum absolute atomic E-state index is 0.121. The zero-order valence-electron chi connectivity index (χ0n) is 11.8. The van der Waals surface area contributed by atoms with E-state index in [1.807, 2.05) is 0 Å². The van der Waals surface area contributed by atoms with Crippen molar-refractivity contribution in [2.45, 2.75) is 31.5 Å². The topological polar surface area (TPSA) is 75.9 Å². The van der Waals surface area contributed by atoms with E-state index in [0.717, 1.165) is 31.2 Å². The second-order valence-corrected chi connectivity index (χ2v) is 5.38. The molecule has 0 saturated carbocycles. The molecule has 0 atom stereocenters. The number of rotatable bonds is 9. The van der Waals surface area contributed by atoms with Gasteiger partial charge in [-0.15, -0.1) is 5.10 Å². The molecule has 108 valence electrons. The van der Waals surface area contributed by atoms with E-state index < -0.39 is 0 Å². The van der Waals surface area contributed by atoms with Gasteiger partial charge in [-0.05, 0) is 23.4 Å². The molecule has 1 aromatic heterocycles. The maximum absolute atomic E-state index is 11.4. The van der Waals surface area contributed by atoms with Gasteiger partial charge in [0.1, 0.15) is 0 Å². The van der Waals surface area contributed by atoms with Crippen LogP contribution in [0.2, 0.25) is 0 Å². The van der Waals surface area contributed by atoms with Crippen LogP contribution in [-0.2, 0) is 11.3 Å². The molecular formula is C11H22N6OS. The Labute approximate surface area is 118 Å². The zero-order valence-corrected chi connectivity index (χ0v) is 12.6. The van der Waals surface area contributed by atoms with E-state index >= 15 is 0 Å². The molecule has 0 aromatic carbocycles. The lowest BCUT2D eigenvalue weighted by atomic mass is 10.4. The van der Waals surface area contributed by atoms with Crippen LogP contribution in [0.25, 0.3) is 0 Å². The van der Waals surface area contributed by atoms with Crippen LogP contribution < -0.4 is 5.32 Å². The van der Waals surface area contributed by atoms with Crippen molar-refractivity contribution in [3.8, 4) is 0 Å². The van der Waals surface area contributed by atoms with Crippen LogP contribution in [-0.4, -0.2) is 64.0 Å². The second kappa shape index (κ2) is 8.87. The number of aromatic nitrogens is 4. The fraction of sp³-hybridized carbons (Fsp3) is 0.818. The summed E-state index contributed by atoms with van der Waals surface area (Å²) in [4.78, 5) is 13.0. The monoisotopic (exact) mass is 286 g/mol. The maximum Gasteiger partial charge on any atom is 0.222 e. The molecule has 1 amide bonds. The van der Waals surface area contributed by atoms with E-state index in [1.165, 1.54) is 11.8 Å². The molecule has 19 heavy (non-hydrogen) atoms. The standard InChI is InChI=1S/C11H22N6OS/c1-4-6-12-7-8-17-11(13-14-15-17)19-9-5-10(18)16(2)3/h12H,4-9H2,1-3H3. The van der Waals surface area contributed by atoms with Gasteiger partial charge in [0.05, 0.1) is 6.54 Å². The van der Waals surface area contributed by atoms with Gasteiger partial charge in [0.15, 0.2) is 0 Å². The van der Waals surface area contributed by atoms with Crippen LogP contribution >= 0.6 is 11.8 Å². The molecule has 0 aliphatic heterocycles. The first kappa shape index (κ1) is 15.9. The van der Waals surface area contributed by atoms with E-state index in [9.17, 15) is 4.79 Å². The minimum Gasteiger partial charge on any atom is -0.349 e. The lowest BCUT2D eigenvalue weighted by molar-refractivity contribution is -0.128. The van der Waals surface area contributed by atoms with Gasteiger partial charge in [-0.1, -0.05) is 18.7 Å². The van der Waals surface area contributed by atoms with E-state index in [2.05, 4.69) is 27.8 Å². The second-order valence-electron chi connectivity index (χ2n) is 4.32. The van der Waals surface area contributed by atoms with Crippen molar-refractivity contribution < 1.29 is 4.79 Å². The molecule has 0 bridgehead atoms. The number of nitrogens with one attached hydrogen (secondary N) is 1. The van der Waals surface area contributed by atoms with Gasteiger partial charge in [0.25, 0.3) is 0 Å². The molecule has 0 aliphatic rings. The average Bonchev–Trinajstić information content (AvgIpc) is 2.82. The quantitative estimate of drug-likeness (QED) is 0.518. The molecule has 0 unspecified atom stereocenters. The van der Waals surface area contributed by atoms with Gasteiger partial charge < -0.3 is 10.2 Å². The first-order chi connectivity index (χ1) is 9.15. The lowest BCUT2D eigenvalue weighted by Gasteiger charge is -2.09. The number of nitrogens with zero attached hydrogens (tertiary/aromatic N) is 5. The first-order valence-electron chi connectivity index (χ1n) is 6.45. The Kier molecular flexibility index (Phi) is 7.42. The van der Waals surface area contributed by atoms with E-state index in [1.54, 1.807) is 23.7 Å². The Morgan fingerprint density at radius 2 is 2.21 bits per heavy atom. The van der Waals surface area contributed by atoms with Crippen molar-refractivity contribution in [2.75, 3.05) is 32.9 Å². The van der Waals surface area contributed by atoms with Crippen LogP contribution in [0.3, 0.4) is 0 Å². The highest BCUT2D eigenvalue weighted by atomic mass is 32.2.